The summed E-state index contributed by atoms with van der Waals surface area (Å²) in [6.07, 6.45) is 32.1. The van der Waals surface area contributed by atoms with E-state index >= 15 is 0 Å². The van der Waals surface area contributed by atoms with Crippen molar-refractivity contribution in [3.05, 3.63) is 223 Å². The Balaban J connectivity index is 0.000000139. The van der Waals surface area contributed by atoms with Crippen molar-refractivity contribution in [2.45, 2.75) is 243 Å². The van der Waals surface area contributed by atoms with Crippen molar-refractivity contribution >= 4 is 70.2 Å². The Hall–Kier alpha value is -8.05. The highest BCUT2D eigenvalue weighted by Gasteiger charge is 2.58. The van der Waals surface area contributed by atoms with Crippen LogP contribution in [0.2, 0.25) is 15.1 Å². The number of hydrogen-bond donors (Lipinski definition) is 7. The molecular weight excluding hydrogens is 1640 g/mol. The van der Waals surface area contributed by atoms with Gasteiger partial charge in [-0.15, -0.1) is 0 Å². The Morgan fingerprint density at radius 3 is 1.07 bits per heavy atom. The molecular formula is C103H133Cl3N12O8. The number of ether oxygens (including phenoxy) is 1. The van der Waals surface area contributed by atoms with Gasteiger partial charge in [-0.2, -0.15) is 5.10 Å². The van der Waals surface area contributed by atoms with Gasteiger partial charge in [0, 0.05) is 120 Å². The lowest BCUT2D eigenvalue weighted by atomic mass is 9.65. The van der Waals surface area contributed by atoms with Crippen LogP contribution in [0.4, 0.5) is 0 Å². The number of hydrogen-bond acceptors (Lipinski definition) is 13. The number of aliphatic hydroxyl groups is 1. The summed E-state index contributed by atoms with van der Waals surface area (Å²) in [5, 5.41) is 36.1. The molecule has 19 rings (SSSR count). The molecule has 7 heterocycles. The number of nitrogens with zero attached hydrogens (tertiary/aromatic N) is 6. The number of piperidine rings is 3. The van der Waals surface area contributed by atoms with E-state index in [1.165, 1.54) is 123 Å². The smallest absolute Gasteiger partial charge is 0.245 e. The van der Waals surface area contributed by atoms with E-state index in [2.05, 4.69) is 78.4 Å². The number of aliphatic hydroxyl groups excluding tert-OH is 1. The number of nitrogens with one attached hydrogen (secondary N) is 6. The Kier molecular flexibility index (Phi) is 30.0. The Labute approximate surface area is 761 Å². The molecule has 3 saturated heterocycles. The standard InChI is InChI=1S/C35H43ClN6O2.C34H44ClN3O3.C33H42ClN3O3.CH4/c36-28-11-9-24(10-12-28)17-32(40-33(43)31-18-25-5-1-2-6-26(25)20-38-31)34(44)41-15-13-35(14-16-41)19-27(21-42-23-37-22-39-42)29-7-3-4-8-30(29)35;1-41-22-26-20-34(29-9-5-4-8-28(26)29)14-16-38(17-15-34)33(40)31(18-23-10-12-27(35)13-11-23)37-32(39)30-19-24-6-2-3-7-25(24)21-36-30;34-26-11-9-22(10-12-26)17-30(36-31(39)29-18-23-5-1-2-6-24(23)20-35-29)32(40)37-15-13-33(14-16-37)19-25(21-38)27-7-3-4-8-28(27)33;/h1-2,5-6,9-12,22-23,27,29-32,38H,3-4,7-8,13-21H2,(H,40,43);2-3,6-7,10-13,26,28-31,36H,4-5,8-9,14-22H2,1H3,(H,37,39);1-2,5-6,9-12,25,27-30,35,38H,3-4,7-8,13-21H2,(H,36,39);1H4/t27-,29?,30?,31+,32+;26-,28?,29?,30+,31+;25-,27?,28?,29+,30+;/m000./s1. The molecule has 1 aromatic heterocycles. The summed E-state index contributed by atoms with van der Waals surface area (Å²) in [5.41, 5.74) is 11.1. The molecule has 126 heavy (non-hydrogen) atoms. The topological polar surface area (TPSA) is 244 Å². The van der Waals surface area contributed by atoms with Crippen LogP contribution in [0.3, 0.4) is 0 Å². The minimum absolute atomic E-state index is 0. The fourth-order valence-corrected chi connectivity index (χ4v) is 26.5. The molecule has 674 valence electrons. The van der Waals surface area contributed by atoms with Crippen LogP contribution in [0.15, 0.2) is 158 Å². The van der Waals surface area contributed by atoms with Crippen LogP contribution >= 0.6 is 34.8 Å². The van der Waals surface area contributed by atoms with E-state index in [0.29, 0.717) is 120 Å². The quantitative estimate of drug-likeness (QED) is 0.0376. The van der Waals surface area contributed by atoms with Crippen molar-refractivity contribution in [2.75, 3.05) is 59.6 Å². The molecule has 9 fully saturated rings. The van der Waals surface area contributed by atoms with Gasteiger partial charge in [0.05, 0.1) is 18.1 Å². The molecule has 20 nitrogen and oxygen atoms in total. The molecule has 6 unspecified atom stereocenters. The van der Waals surface area contributed by atoms with Gasteiger partial charge in [0.15, 0.2) is 0 Å². The molecule has 6 aliphatic heterocycles. The summed E-state index contributed by atoms with van der Waals surface area (Å²) in [5.74, 6) is 5.73. The van der Waals surface area contributed by atoms with Gasteiger partial charge in [0.1, 0.15) is 30.8 Å². The van der Waals surface area contributed by atoms with Gasteiger partial charge in [0.25, 0.3) is 0 Å². The molecule has 0 bridgehead atoms. The van der Waals surface area contributed by atoms with Crippen molar-refractivity contribution in [3.8, 4) is 0 Å². The Bertz CT molecular complexity index is 4840. The summed E-state index contributed by atoms with van der Waals surface area (Å²) >= 11 is 18.4. The summed E-state index contributed by atoms with van der Waals surface area (Å²) < 4.78 is 7.66. The number of aromatic nitrogens is 3. The van der Waals surface area contributed by atoms with Crippen molar-refractivity contribution in [1.82, 2.24) is 61.4 Å². The molecule has 0 radical (unpaired) electrons. The largest absolute Gasteiger partial charge is 0.396 e. The number of methoxy groups -OCH3 is 1. The van der Waals surface area contributed by atoms with Gasteiger partial charge >= 0.3 is 0 Å². The SMILES string of the molecule is C.COC[C@@H]1CC2(CCN(C(=O)[C@@H](Cc3ccc(Cl)cc3)NC(=O)[C@H]3Cc4ccccc4CN3)CC2)C2CCCCC21.O=C(N[C@H](Cc1ccc(Cl)cc1)C(=O)N1CCC2(CC1)C[C@@H](CO)C1CCCCC12)[C@H]1Cc2ccccc2CN1.O=C(N[C@H](Cc1ccc(Cl)cc1)C(=O)N1CCC2(CC1)C[C@@H](Cn1cncn1)C1CCCCC12)[C@H]1Cc2ccccc2CN1. The predicted molar refractivity (Wildman–Crippen MR) is 495 cm³/mol. The second kappa shape index (κ2) is 41.4. The summed E-state index contributed by atoms with van der Waals surface area (Å²) in [4.78, 5) is 93.1. The van der Waals surface area contributed by atoms with Crippen LogP contribution in [0.1, 0.15) is 192 Å². The number of fused-ring (bicyclic) bond motifs is 9. The molecule has 3 spiro atoms. The lowest BCUT2D eigenvalue weighted by molar-refractivity contribution is -0.139. The maximum absolute atomic E-state index is 14.2. The van der Waals surface area contributed by atoms with Gasteiger partial charge in [-0.1, -0.05) is 190 Å². The van der Waals surface area contributed by atoms with Crippen molar-refractivity contribution in [1.29, 1.82) is 0 Å². The number of amides is 6. The maximum Gasteiger partial charge on any atom is 0.245 e. The van der Waals surface area contributed by atoms with E-state index < -0.39 is 18.1 Å². The number of likely N-dealkylation sites (tertiary alicyclic amines) is 3. The maximum atomic E-state index is 14.2. The molecule has 15 atom stereocenters. The second-order valence-electron chi connectivity index (χ2n) is 39.3. The highest BCUT2D eigenvalue weighted by Crippen LogP contribution is 2.63. The van der Waals surface area contributed by atoms with Crippen LogP contribution in [-0.2, 0) is 98.2 Å². The average molecular weight is 1770 g/mol. The van der Waals surface area contributed by atoms with Crippen LogP contribution < -0.4 is 31.9 Å². The molecule has 23 heteroatoms. The van der Waals surface area contributed by atoms with Crippen molar-refractivity contribution in [2.24, 2.45) is 69.5 Å². The monoisotopic (exact) mass is 1770 g/mol. The van der Waals surface area contributed by atoms with Crippen LogP contribution in [-0.4, -0.2) is 166 Å². The minimum Gasteiger partial charge on any atom is -0.396 e. The number of rotatable bonds is 20. The molecule has 6 aromatic carbocycles. The average Bonchev–Trinajstić information content (AvgIpc) is 1.60. The van der Waals surface area contributed by atoms with E-state index in [1.807, 2.05) is 142 Å². The first-order valence-corrected chi connectivity index (χ1v) is 48.4. The first kappa shape index (κ1) is 91.3. The summed E-state index contributed by atoms with van der Waals surface area (Å²) in [6, 6.07) is 44.5. The number of carbonyl (C=O) groups is 6. The van der Waals surface area contributed by atoms with Gasteiger partial charge in [-0.05, 0) is 272 Å². The Morgan fingerprint density at radius 2 is 0.746 bits per heavy atom. The van der Waals surface area contributed by atoms with E-state index in [9.17, 15) is 33.9 Å². The molecule has 6 saturated carbocycles. The van der Waals surface area contributed by atoms with E-state index in [1.54, 1.807) is 6.33 Å². The number of benzene rings is 6. The second-order valence-corrected chi connectivity index (χ2v) is 40.6. The zero-order valence-corrected chi connectivity index (χ0v) is 75.1. The van der Waals surface area contributed by atoms with Crippen LogP contribution in [0.25, 0.3) is 0 Å². The first-order chi connectivity index (χ1) is 60.9. The van der Waals surface area contributed by atoms with E-state index in [-0.39, 0.29) is 66.4 Å². The fourth-order valence-electron chi connectivity index (χ4n) is 26.1. The third-order valence-corrected chi connectivity index (χ3v) is 33.2. The van der Waals surface area contributed by atoms with E-state index in [4.69, 9.17) is 39.5 Å². The number of halogens is 3. The summed E-state index contributed by atoms with van der Waals surface area (Å²) in [7, 11) is 1.83. The zero-order valence-electron chi connectivity index (χ0n) is 72.9. The third-order valence-electron chi connectivity index (χ3n) is 32.5. The number of carbonyl (C=O) groups excluding carboxylic acids is 6. The van der Waals surface area contributed by atoms with Crippen LogP contribution in [0, 0.1) is 69.5 Å². The molecule has 6 amide bonds. The van der Waals surface area contributed by atoms with Crippen molar-refractivity contribution in [3.63, 3.8) is 0 Å². The molecule has 6 aliphatic carbocycles. The zero-order chi connectivity index (χ0) is 86.2. The highest BCUT2D eigenvalue weighted by molar-refractivity contribution is 6.31. The van der Waals surface area contributed by atoms with E-state index in [0.717, 1.165) is 138 Å². The lowest BCUT2D eigenvalue weighted by Gasteiger charge is -2.46. The predicted octanol–water partition coefficient (Wildman–Crippen LogP) is 15.1. The fraction of sp³-hybridized carbons (Fsp3) is 0.573. The molecule has 7 aromatic rings. The first-order valence-electron chi connectivity index (χ1n) is 47.2. The lowest BCUT2D eigenvalue weighted by Crippen LogP contribution is -2.57. The van der Waals surface area contributed by atoms with Gasteiger partial charge < -0.3 is 56.4 Å². The normalized spacial score (nSPS) is 27.1. The minimum atomic E-state index is -0.627. The third kappa shape index (κ3) is 20.7. The highest BCUT2D eigenvalue weighted by atomic mass is 35.5. The molecule has 12 aliphatic rings. The van der Waals surface area contributed by atoms with Crippen molar-refractivity contribution < 1.29 is 38.6 Å². The summed E-state index contributed by atoms with van der Waals surface area (Å²) in [6.45, 7) is 8.54. The van der Waals surface area contributed by atoms with Crippen LogP contribution in [0.5, 0.6) is 0 Å². The molecule has 7 N–H and O–H groups in total. The van der Waals surface area contributed by atoms with Gasteiger partial charge in [0.2, 0.25) is 35.4 Å². The Morgan fingerprint density at radius 1 is 0.437 bits per heavy atom. The van der Waals surface area contributed by atoms with Gasteiger partial charge in [-0.25, -0.2) is 4.98 Å². The van der Waals surface area contributed by atoms with Gasteiger partial charge in [-0.3, -0.25) is 33.4 Å².